The van der Waals surface area contributed by atoms with Crippen LogP contribution in [0.1, 0.15) is 0 Å². The van der Waals surface area contributed by atoms with Crippen molar-refractivity contribution >= 4 is 49.8 Å². The van der Waals surface area contributed by atoms with Crippen molar-refractivity contribution in [2.75, 3.05) is 4.90 Å². The molecule has 0 bridgehead atoms. The molecule has 254 valence electrons. The fourth-order valence-electron chi connectivity index (χ4n) is 7.80. The SMILES string of the molecule is c1ccc(-c2ccc(N(c3ccccc3)c3ccc(-c4ccc(-c5ccccc5)c(-c5ccc6ccc7oc8ccccc8c7c6c5)c4)cc3)cc2)cc1. The van der Waals surface area contributed by atoms with Gasteiger partial charge in [-0.15, -0.1) is 0 Å². The molecule has 9 aromatic carbocycles. The quantitative estimate of drug-likeness (QED) is 0.166. The second-order valence-electron chi connectivity index (χ2n) is 13.7. The van der Waals surface area contributed by atoms with E-state index < -0.39 is 0 Å². The van der Waals surface area contributed by atoms with Gasteiger partial charge in [0.05, 0.1) is 0 Å². The van der Waals surface area contributed by atoms with Crippen molar-refractivity contribution in [2.24, 2.45) is 0 Å². The summed E-state index contributed by atoms with van der Waals surface area (Å²) in [6.45, 7) is 0. The molecular formula is C52H35NO. The summed E-state index contributed by atoms with van der Waals surface area (Å²) in [7, 11) is 0. The molecule has 1 heterocycles. The maximum absolute atomic E-state index is 6.28. The number of nitrogens with zero attached hydrogens (tertiary/aromatic N) is 1. The Hall–Kier alpha value is -7.16. The molecule has 0 aliphatic rings. The van der Waals surface area contributed by atoms with Crippen LogP contribution in [0.15, 0.2) is 217 Å². The zero-order chi connectivity index (χ0) is 35.8. The number of para-hydroxylation sites is 2. The minimum atomic E-state index is 0.912. The molecule has 0 fully saturated rings. The summed E-state index contributed by atoms with van der Waals surface area (Å²) in [5.74, 6) is 0. The number of furan rings is 1. The smallest absolute Gasteiger partial charge is 0.136 e. The third kappa shape index (κ3) is 5.71. The Bertz CT molecular complexity index is 2890. The van der Waals surface area contributed by atoms with Gasteiger partial charge in [0.2, 0.25) is 0 Å². The molecule has 0 N–H and O–H groups in total. The number of rotatable bonds is 7. The largest absolute Gasteiger partial charge is 0.456 e. The molecule has 10 rings (SSSR count). The Kier molecular flexibility index (Phi) is 7.85. The van der Waals surface area contributed by atoms with Crippen LogP contribution in [0.5, 0.6) is 0 Å². The third-order valence-corrected chi connectivity index (χ3v) is 10.5. The van der Waals surface area contributed by atoms with Crippen LogP contribution in [-0.2, 0) is 0 Å². The Morgan fingerprint density at radius 1 is 0.296 bits per heavy atom. The van der Waals surface area contributed by atoms with E-state index in [2.05, 4.69) is 205 Å². The first kappa shape index (κ1) is 31.6. The fraction of sp³-hybridized carbons (Fsp3) is 0. The Balaban J connectivity index is 1.06. The third-order valence-electron chi connectivity index (χ3n) is 10.5. The molecule has 0 spiro atoms. The molecule has 0 unspecified atom stereocenters. The number of hydrogen-bond acceptors (Lipinski definition) is 2. The van der Waals surface area contributed by atoms with Crippen LogP contribution in [0.2, 0.25) is 0 Å². The second kappa shape index (κ2) is 13.4. The Morgan fingerprint density at radius 2 is 0.815 bits per heavy atom. The van der Waals surface area contributed by atoms with E-state index in [0.717, 1.165) is 44.6 Å². The lowest BCUT2D eigenvalue weighted by atomic mass is 9.89. The number of anilines is 3. The standard InChI is InChI=1S/C52H35NO/c1-4-12-36(13-5-1)37-22-28-44(29-23-37)53(43-16-8-3-9-17-43)45-30-24-38(25-31-45)41-26-32-46(39-14-6-2-7-15-39)48(34-41)42-21-20-40-27-33-51-52(49(40)35-42)47-18-10-11-19-50(47)54-51/h1-35H. The number of benzene rings is 9. The van der Waals surface area contributed by atoms with Gasteiger partial charge in [-0.05, 0) is 116 Å². The molecule has 0 radical (unpaired) electrons. The van der Waals surface area contributed by atoms with Crippen LogP contribution in [0.25, 0.3) is 77.2 Å². The molecule has 0 aliphatic carbocycles. The van der Waals surface area contributed by atoms with E-state index in [1.807, 2.05) is 12.1 Å². The van der Waals surface area contributed by atoms with Gasteiger partial charge in [-0.3, -0.25) is 0 Å². The first-order valence-electron chi connectivity index (χ1n) is 18.4. The highest BCUT2D eigenvalue weighted by Crippen LogP contribution is 2.41. The van der Waals surface area contributed by atoms with Crippen LogP contribution in [0.4, 0.5) is 17.1 Å². The minimum absolute atomic E-state index is 0.912. The summed E-state index contributed by atoms with van der Waals surface area (Å²) in [6.07, 6.45) is 0. The van der Waals surface area contributed by atoms with Crippen molar-refractivity contribution in [3.05, 3.63) is 212 Å². The van der Waals surface area contributed by atoms with Crippen molar-refractivity contribution in [3.8, 4) is 44.5 Å². The summed E-state index contributed by atoms with van der Waals surface area (Å²) in [5, 5.41) is 4.70. The lowest BCUT2D eigenvalue weighted by Gasteiger charge is -2.26. The van der Waals surface area contributed by atoms with E-state index in [1.165, 1.54) is 49.7 Å². The van der Waals surface area contributed by atoms with Crippen LogP contribution >= 0.6 is 0 Å². The summed E-state index contributed by atoms with van der Waals surface area (Å²) in [4.78, 5) is 2.32. The lowest BCUT2D eigenvalue weighted by Crippen LogP contribution is -2.09. The van der Waals surface area contributed by atoms with Crippen molar-refractivity contribution in [2.45, 2.75) is 0 Å². The van der Waals surface area contributed by atoms with Gasteiger partial charge in [-0.25, -0.2) is 0 Å². The predicted molar refractivity (Wildman–Crippen MR) is 228 cm³/mol. The second-order valence-corrected chi connectivity index (χ2v) is 13.7. The van der Waals surface area contributed by atoms with Crippen LogP contribution in [-0.4, -0.2) is 0 Å². The van der Waals surface area contributed by atoms with Gasteiger partial charge < -0.3 is 9.32 Å². The predicted octanol–water partition coefficient (Wildman–Crippen LogP) is 14.9. The summed E-state index contributed by atoms with van der Waals surface area (Å²) in [5.41, 5.74) is 14.7. The number of fused-ring (bicyclic) bond motifs is 5. The van der Waals surface area contributed by atoms with Gasteiger partial charge >= 0.3 is 0 Å². The molecule has 0 amide bonds. The van der Waals surface area contributed by atoms with E-state index >= 15 is 0 Å². The van der Waals surface area contributed by atoms with E-state index in [-0.39, 0.29) is 0 Å². The molecular weight excluding hydrogens is 655 g/mol. The van der Waals surface area contributed by atoms with E-state index in [4.69, 9.17) is 4.42 Å². The zero-order valence-electron chi connectivity index (χ0n) is 29.6. The molecule has 2 nitrogen and oxygen atoms in total. The van der Waals surface area contributed by atoms with Gasteiger partial charge in [0.25, 0.3) is 0 Å². The first-order valence-corrected chi connectivity index (χ1v) is 18.4. The summed E-state index contributed by atoms with van der Waals surface area (Å²) in [6, 6.07) is 75.9. The monoisotopic (exact) mass is 689 g/mol. The van der Waals surface area contributed by atoms with Crippen molar-refractivity contribution < 1.29 is 4.42 Å². The van der Waals surface area contributed by atoms with Gasteiger partial charge in [0.1, 0.15) is 11.2 Å². The van der Waals surface area contributed by atoms with Gasteiger partial charge in [0, 0.05) is 27.8 Å². The first-order chi connectivity index (χ1) is 26.8. The molecule has 0 atom stereocenters. The maximum Gasteiger partial charge on any atom is 0.136 e. The molecule has 10 aromatic rings. The minimum Gasteiger partial charge on any atom is -0.456 e. The molecule has 2 heteroatoms. The van der Waals surface area contributed by atoms with Crippen LogP contribution < -0.4 is 4.90 Å². The summed E-state index contributed by atoms with van der Waals surface area (Å²) < 4.78 is 6.28. The maximum atomic E-state index is 6.28. The molecule has 0 saturated heterocycles. The van der Waals surface area contributed by atoms with Gasteiger partial charge in [-0.2, -0.15) is 0 Å². The van der Waals surface area contributed by atoms with E-state index in [0.29, 0.717) is 0 Å². The zero-order valence-corrected chi connectivity index (χ0v) is 29.6. The summed E-state index contributed by atoms with van der Waals surface area (Å²) >= 11 is 0. The molecule has 1 aromatic heterocycles. The van der Waals surface area contributed by atoms with Gasteiger partial charge in [-0.1, -0.05) is 152 Å². The van der Waals surface area contributed by atoms with Crippen molar-refractivity contribution in [1.82, 2.24) is 0 Å². The topological polar surface area (TPSA) is 16.4 Å². The highest BCUT2D eigenvalue weighted by atomic mass is 16.3. The van der Waals surface area contributed by atoms with E-state index in [9.17, 15) is 0 Å². The average molecular weight is 690 g/mol. The highest BCUT2D eigenvalue weighted by molar-refractivity contribution is 6.19. The van der Waals surface area contributed by atoms with Gasteiger partial charge in [0.15, 0.2) is 0 Å². The molecule has 0 aliphatic heterocycles. The Labute approximate surface area is 314 Å². The lowest BCUT2D eigenvalue weighted by molar-refractivity contribution is 0.669. The van der Waals surface area contributed by atoms with Crippen LogP contribution in [0, 0.1) is 0 Å². The van der Waals surface area contributed by atoms with Crippen LogP contribution in [0.3, 0.4) is 0 Å². The van der Waals surface area contributed by atoms with E-state index in [1.54, 1.807) is 0 Å². The molecule has 0 saturated carbocycles. The Morgan fingerprint density at radius 3 is 1.52 bits per heavy atom. The molecule has 54 heavy (non-hydrogen) atoms. The number of hydrogen-bond donors (Lipinski definition) is 0. The van der Waals surface area contributed by atoms with Crippen molar-refractivity contribution in [3.63, 3.8) is 0 Å². The average Bonchev–Trinajstić information content (AvgIpc) is 3.64. The normalized spacial score (nSPS) is 11.3. The highest BCUT2D eigenvalue weighted by Gasteiger charge is 2.16. The fourth-order valence-corrected chi connectivity index (χ4v) is 7.80. The van der Waals surface area contributed by atoms with Crippen molar-refractivity contribution in [1.29, 1.82) is 0 Å².